The molecule has 1 aliphatic heterocycles. The van der Waals surface area contributed by atoms with Gasteiger partial charge >= 0.3 is 7.12 Å². The van der Waals surface area contributed by atoms with Crippen molar-refractivity contribution in [3.05, 3.63) is 42.0 Å². The molecule has 1 fully saturated rings. The minimum Gasteiger partial charge on any atom is -0.399 e. The summed E-state index contributed by atoms with van der Waals surface area (Å²) in [6.07, 6.45) is 0.976. The van der Waals surface area contributed by atoms with Gasteiger partial charge in [-0.3, -0.25) is 0 Å². The zero-order valence-corrected chi connectivity index (χ0v) is 13.6. The monoisotopic (exact) mass is 282 g/mol. The smallest absolute Gasteiger partial charge is 0.399 e. The summed E-state index contributed by atoms with van der Waals surface area (Å²) < 4.78 is 12.6. The average Bonchev–Trinajstić information content (AvgIpc) is 2.65. The average molecular weight is 282 g/mol. The van der Waals surface area contributed by atoms with Crippen LogP contribution >= 0.6 is 0 Å². The molecule has 0 aromatic heterocycles. The van der Waals surface area contributed by atoms with E-state index < -0.39 is 0 Å². The topological polar surface area (TPSA) is 18.5 Å². The van der Waals surface area contributed by atoms with Gasteiger partial charge in [-0.2, -0.15) is 0 Å². The first kappa shape index (κ1) is 14.6. The van der Waals surface area contributed by atoms with Crippen LogP contribution in [-0.4, -0.2) is 18.3 Å². The zero-order valence-electron chi connectivity index (χ0n) is 13.6. The molecule has 2 nitrogen and oxygen atoms in total. The molecule has 2 aromatic carbocycles. The zero-order chi connectivity index (χ0) is 15.3. The highest BCUT2D eigenvalue weighted by Gasteiger charge is 2.52. The third-order valence-corrected chi connectivity index (χ3v) is 4.93. The van der Waals surface area contributed by atoms with E-state index in [1.807, 2.05) is 0 Å². The molecule has 0 bridgehead atoms. The number of hydrogen-bond donors (Lipinski definition) is 0. The van der Waals surface area contributed by atoms with E-state index in [0.717, 1.165) is 6.42 Å². The highest BCUT2D eigenvalue weighted by atomic mass is 16.7. The van der Waals surface area contributed by atoms with Gasteiger partial charge in [0, 0.05) is 0 Å². The van der Waals surface area contributed by atoms with Crippen molar-refractivity contribution in [3.8, 4) is 0 Å². The first-order valence-corrected chi connectivity index (χ1v) is 7.72. The van der Waals surface area contributed by atoms with E-state index >= 15 is 0 Å². The predicted molar refractivity (Wildman–Crippen MR) is 89.0 cm³/mol. The molecular formula is C18H23BO2. The van der Waals surface area contributed by atoms with E-state index in [1.54, 1.807) is 0 Å². The molecule has 1 saturated heterocycles. The van der Waals surface area contributed by atoms with Crippen LogP contribution in [0, 0.1) is 0 Å². The van der Waals surface area contributed by atoms with Crippen molar-refractivity contribution in [1.82, 2.24) is 0 Å². The molecule has 2 aromatic rings. The Bertz CT molecular complexity index is 660. The van der Waals surface area contributed by atoms with Crippen LogP contribution in [0.4, 0.5) is 0 Å². The first-order chi connectivity index (χ1) is 9.86. The number of rotatable bonds is 2. The van der Waals surface area contributed by atoms with E-state index in [-0.39, 0.29) is 18.3 Å². The molecule has 1 heterocycles. The van der Waals surface area contributed by atoms with Gasteiger partial charge in [0.1, 0.15) is 0 Å². The number of aryl methyl sites for hydroxylation is 1. The second-order valence-electron chi connectivity index (χ2n) is 6.80. The van der Waals surface area contributed by atoms with Crippen LogP contribution in [-0.2, 0) is 15.7 Å². The summed E-state index contributed by atoms with van der Waals surface area (Å²) in [5.41, 5.74) is 1.88. The molecular weight excluding hydrogens is 259 g/mol. The van der Waals surface area contributed by atoms with Crippen LogP contribution in [0.15, 0.2) is 36.4 Å². The molecule has 3 heteroatoms. The summed E-state index contributed by atoms with van der Waals surface area (Å²) in [5.74, 6) is 0. The highest BCUT2D eigenvalue weighted by Crippen LogP contribution is 2.37. The first-order valence-electron chi connectivity index (χ1n) is 7.72. The van der Waals surface area contributed by atoms with Gasteiger partial charge in [0.15, 0.2) is 0 Å². The largest absolute Gasteiger partial charge is 0.495 e. The molecule has 1 aliphatic rings. The molecule has 0 unspecified atom stereocenters. The summed E-state index contributed by atoms with van der Waals surface area (Å²) in [6.45, 7) is 10.6. The quantitative estimate of drug-likeness (QED) is 0.782. The Morgan fingerprint density at radius 2 is 1.52 bits per heavy atom. The Kier molecular flexibility index (Phi) is 3.38. The standard InChI is InChI=1S/C18H23BO2/c1-6-13-11-12-14-9-7-8-10-15(14)16(13)19-20-17(2,3)18(4,5)21-19/h7-12H,6H2,1-5H3. The van der Waals surface area contributed by atoms with E-state index in [2.05, 4.69) is 71.0 Å². The van der Waals surface area contributed by atoms with Gasteiger partial charge in [-0.15, -0.1) is 0 Å². The summed E-state index contributed by atoms with van der Waals surface area (Å²) in [6, 6.07) is 12.8. The fourth-order valence-electron chi connectivity index (χ4n) is 2.89. The van der Waals surface area contributed by atoms with Crippen LogP contribution < -0.4 is 5.46 Å². The Morgan fingerprint density at radius 1 is 0.905 bits per heavy atom. The third kappa shape index (κ3) is 2.29. The van der Waals surface area contributed by atoms with E-state index in [0.29, 0.717) is 0 Å². The van der Waals surface area contributed by atoms with Crippen LogP contribution in [0.3, 0.4) is 0 Å². The molecule has 3 rings (SSSR count). The second kappa shape index (κ2) is 4.86. The SMILES string of the molecule is CCc1ccc2ccccc2c1B1OC(C)(C)C(C)(C)O1. The maximum absolute atomic E-state index is 6.28. The van der Waals surface area contributed by atoms with Gasteiger partial charge in [-0.1, -0.05) is 43.3 Å². The van der Waals surface area contributed by atoms with Gasteiger partial charge in [-0.05, 0) is 55.9 Å². The maximum atomic E-state index is 6.28. The lowest BCUT2D eigenvalue weighted by Crippen LogP contribution is -2.41. The Labute approximate surface area is 127 Å². The van der Waals surface area contributed by atoms with Crippen molar-refractivity contribution in [3.63, 3.8) is 0 Å². The number of hydrogen-bond acceptors (Lipinski definition) is 2. The highest BCUT2D eigenvalue weighted by molar-refractivity contribution is 6.65. The number of benzene rings is 2. The van der Waals surface area contributed by atoms with Crippen LogP contribution in [0.1, 0.15) is 40.2 Å². The Balaban J connectivity index is 2.16. The van der Waals surface area contributed by atoms with Crippen molar-refractivity contribution < 1.29 is 9.31 Å². The van der Waals surface area contributed by atoms with Crippen molar-refractivity contribution in [2.24, 2.45) is 0 Å². The van der Waals surface area contributed by atoms with Crippen molar-refractivity contribution in [2.75, 3.05) is 0 Å². The maximum Gasteiger partial charge on any atom is 0.495 e. The lowest BCUT2D eigenvalue weighted by atomic mass is 9.72. The summed E-state index contributed by atoms with van der Waals surface area (Å²) in [7, 11) is -0.295. The molecule has 0 aliphatic carbocycles. The van der Waals surface area contributed by atoms with Gasteiger partial charge < -0.3 is 9.31 Å². The van der Waals surface area contributed by atoms with Crippen molar-refractivity contribution in [1.29, 1.82) is 0 Å². The van der Waals surface area contributed by atoms with Crippen molar-refractivity contribution >= 4 is 23.4 Å². The summed E-state index contributed by atoms with van der Waals surface area (Å²) in [4.78, 5) is 0. The van der Waals surface area contributed by atoms with Gasteiger partial charge in [0.05, 0.1) is 11.2 Å². The van der Waals surface area contributed by atoms with Crippen LogP contribution in [0.2, 0.25) is 0 Å². The fourth-order valence-corrected chi connectivity index (χ4v) is 2.89. The van der Waals surface area contributed by atoms with Crippen molar-refractivity contribution in [2.45, 2.75) is 52.2 Å². The fraction of sp³-hybridized carbons (Fsp3) is 0.444. The lowest BCUT2D eigenvalue weighted by molar-refractivity contribution is 0.00578. The van der Waals surface area contributed by atoms with Gasteiger partial charge in [0.2, 0.25) is 0 Å². The van der Waals surface area contributed by atoms with E-state index in [1.165, 1.54) is 21.8 Å². The second-order valence-corrected chi connectivity index (χ2v) is 6.80. The molecule has 0 spiro atoms. The lowest BCUT2D eigenvalue weighted by Gasteiger charge is -2.32. The van der Waals surface area contributed by atoms with E-state index in [9.17, 15) is 0 Å². The minimum atomic E-state index is -0.306. The molecule has 0 radical (unpaired) electrons. The molecule has 0 saturated carbocycles. The molecule has 21 heavy (non-hydrogen) atoms. The Morgan fingerprint density at radius 3 is 2.14 bits per heavy atom. The normalized spacial score (nSPS) is 20.1. The van der Waals surface area contributed by atoms with Crippen LogP contribution in [0.25, 0.3) is 10.8 Å². The Hall–Kier alpha value is -1.32. The van der Waals surface area contributed by atoms with Gasteiger partial charge in [0.25, 0.3) is 0 Å². The van der Waals surface area contributed by atoms with Crippen LogP contribution in [0.5, 0.6) is 0 Å². The number of fused-ring (bicyclic) bond motifs is 1. The molecule has 110 valence electrons. The molecule has 0 N–H and O–H groups in total. The predicted octanol–water partition coefficient (Wildman–Crippen LogP) is 3.70. The molecule has 0 amide bonds. The van der Waals surface area contributed by atoms with Gasteiger partial charge in [-0.25, -0.2) is 0 Å². The summed E-state index contributed by atoms with van der Waals surface area (Å²) >= 11 is 0. The minimum absolute atomic E-state index is 0.295. The van der Waals surface area contributed by atoms with E-state index in [4.69, 9.17) is 9.31 Å². The summed E-state index contributed by atoms with van der Waals surface area (Å²) in [5, 5.41) is 2.47. The molecule has 0 atom stereocenters. The third-order valence-electron chi connectivity index (χ3n) is 4.93.